The molecule has 3 aliphatic heterocycles. The average molecular weight is 479 g/mol. The molecular weight excluding hydrogens is 456 g/mol. The van der Waals surface area contributed by atoms with E-state index in [1.54, 1.807) is 17.7 Å². The predicted molar refractivity (Wildman–Crippen MR) is 127 cm³/mol. The molecule has 33 heavy (non-hydrogen) atoms. The van der Waals surface area contributed by atoms with Gasteiger partial charge in [-0.3, -0.25) is 9.59 Å². The van der Waals surface area contributed by atoms with Crippen LogP contribution in [0.5, 0.6) is 0 Å². The van der Waals surface area contributed by atoms with Gasteiger partial charge in [-0.05, 0) is 42.5 Å². The number of thiophene rings is 1. The number of carbonyl (C=O) groups is 2. The van der Waals surface area contributed by atoms with Crippen molar-refractivity contribution in [3.8, 4) is 0 Å². The van der Waals surface area contributed by atoms with Crippen LogP contribution in [0, 0.1) is 5.92 Å². The maximum absolute atomic E-state index is 13.1. The van der Waals surface area contributed by atoms with Crippen molar-refractivity contribution < 1.29 is 14.3 Å². The Kier molecular flexibility index (Phi) is 4.38. The summed E-state index contributed by atoms with van der Waals surface area (Å²) >= 11 is 2.99. The molecule has 5 heterocycles. The van der Waals surface area contributed by atoms with Crippen LogP contribution in [-0.2, 0) is 33.6 Å². The van der Waals surface area contributed by atoms with Crippen LogP contribution in [0.2, 0.25) is 0 Å². The van der Waals surface area contributed by atoms with E-state index in [2.05, 4.69) is 15.3 Å². The summed E-state index contributed by atoms with van der Waals surface area (Å²) in [5.74, 6) is 1.11. The summed E-state index contributed by atoms with van der Waals surface area (Å²) < 4.78 is 5.68. The maximum atomic E-state index is 13.1. The van der Waals surface area contributed by atoms with Crippen molar-refractivity contribution in [2.45, 2.75) is 42.6 Å². The lowest BCUT2D eigenvalue weighted by molar-refractivity contribution is -0.223. The molecule has 0 bridgehead atoms. The van der Waals surface area contributed by atoms with Crippen LogP contribution in [0.25, 0.3) is 10.2 Å². The number of hydrogen-bond donors (Lipinski definition) is 1. The number of aromatic nitrogens is 2. The lowest BCUT2D eigenvalue weighted by Crippen LogP contribution is -2.70. The number of nitrogens with one attached hydrogen (secondary N) is 1. The van der Waals surface area contributed by atoms with Crippen molar-refractivity contribution >= 4 is 55.8 Å². The van der Waals surface area contributed by atoms with Crippen LogP contribution >= 0.6 is 23.1 Å². The fraction of sp³-hybridized carbons (Fsp3) is 0.417. The molecule has 2 aromatic heterocycles. The average Bonchev–Trinajstić information content (AvgIpc) is 3.30. The van der Waals surface area contributed by atoms with Gasteiger partial charge in [0.15, 0.2) is 5.12 Å². The standard InChI is InChI=1S/C24H22N4O3S2/c29-19-8-13-1-3-15(9-17(13)32-19)27-21-20-16-4-2-14(7-18(16)33-22(20)26-12-25-21)23(30)28-10-24(11-28)5-6-31-24/h1,3,9,12,14H,2,4-8,10-11H2,(H,25,26,27). The van der Waals surface area contributed by atoms with E-state index in [1.165, 1.54) is 22.2 Å². The van der Waals surface area contributed by atoms with Crippen molar-refractivity contribution in [3.05, 3.63) is 40.5 Å². The minimum atomic E-state index is -0.0212. The van der Waals surface area contributed by atoms with Crippen molar-refractivity contribution in [2.75, 3.05) is 25.0 Å². The molecule has 9 heteroatoms. The number of rotatable bonds is 3. The van der Waals surface area contributed by atoms with E-state index in [1.807, 2.05) is 23.1 Å². The first-order valence-corrected chi connectivity index (χ1v) is 13.0. The monoisotopic (exact) mass is 478 g/mol. The number of benzene rings is 1. The number of hydrogen-bond acceptors (Lipinski definition) is 8. The van der Waals surface area contributed by atoms with E-state index in [0.717, 1.165) is 77.6 Å². The van der Waals surface area contributed by atoms with Gasteiger partial charge in [-0.1, -0.05) is 17.8 Å². The fourth-order valence-corrected chi connectivity index (χ4v) is 7.64. The Bertz CT molecular complexity index is 1320. The second kappa shape index (κ2) is 7.25. The van der Waals surface area contributed by atoms with Crippen LogP contribution in [0.3, 0.4) is 0 Å². The van der Waals surface area contributed by atoms with Crippen molar-refractivity contribution in [1.29, 1.82) is 0 Å². The molecule has 1 aromatic carbocycles. The van der Waals surface area contributed by atoms with Crippen LogP contribution in [0.15, 0.2) is 29.4 Å². The molecule has 2 saturated heterocycles. The zero-order chi connectivity index (χ0) is 22.2. The third kappa shape index (κ3) is 3.20. The molecule has 1 unspecified atom stereocenters. The van der Waals surface area contributed by atoms with Gasteiger partial charge in [0.25, 0.3) is 0 Å². The maximum Gasteiger partial charge on any atom is 0.226 e. The minimum absolute atomic E-state index is 0.0212. The lowest BCUT2D eigenvalue weighted by atomic mass is 9.82. The molecule has 1 N–H and O–H groups in total. The van der Waals surface area contributed by atoms with Gasteiger partial charge in [0.2, 0.25) is 5.91 Å². The third-order valence-corrected chi connectivity index (χ3v) is 9.45. The molecule has 2 fully saturated rings. The number of carbonyl (C=O) groups excluding carboxylic acids is 2. The third-order valence-electron chi connectivity index (χ3n) is 7.32. The van der Waals surface area contributed by atoms with Gasteiger partial charge in [-0.25, -0.2) is 9.97 Å². The van der Waals surface area contributed by atoms with E-state index >= 15 is 0 Å². The first-order valence-electron chi connectivity index (χ1n) is 11.4. The molecule has 3 aromatic rings. The minimum Gasteiger partial charge on any atom is -0.371 e. The molecule has 4 aliphatic rings. The van der Waals surface area contributed by atoms with Gasteiger partial charge < -0.3 is 15.0 Å². The van der Waals surface area contributed by atoms with Crippen molar-refractivity contribution in [3.63, 3.8) is 0 Å². The Balaban J connectivity index is 1.14. The van der Waals surface area contributed by atoms with Crippen LogP contribution < -0.4 is 5.32 Å². The number of anilines is 2. The Morgan fingerprint density at radius 2 is 2.15 bits per heavy atom. The highest BCUT2D eigenvalue weighted by molar-refractivity contribution is 8.14. The molecule has 168 valence electrons. The second-order valence-corrected chi connectivity index (χ2v) is 11.6. The summed E-state index contributed by atoms with van der Waals surface area (Å²) in [6.07, 6.45) is 5.67. The number of amides is 1. The molecule has 7 rings (SSSR count). The zero-order valence-corrected chi connectivity index (χ0v) is 19.6. The highest BCUT2D eigenvalue weighted by Gasteiger charge is 2.51. The zero-order valence-electron chi connectivity index (χ0n) is 17.9. The summed E-state index contributed by atoms with van der Waals surface area (Å²) in [5, 5.41) is 4.72. The summed E-state index contributed by atoms with van der Waals surface area (Å²) in [7, 11) is 0. The number of ether oxygens (including phenoxy) is 1. The van der Waals surface area contributed by atoms with E-state index in [0.29, 0.717) is 6.42 Å². The SMILES string of the molecule is O=C1Cc2ccc(Nc3ncnc4sc5c(c34)CCC(C(=O)N3CC4(CCO4)C3)C5)cc2S1. The molecule has 1 amide bonds. The highest BCUT2D eigenvalue weighted by Crippen LogP contribution is 2.43. The summed E-state index contributed by atoms with van der Waals surface area (Å²) in [4.78, 5) is 39.1. The summed E-state index contributed by atoms with van der Waals surface area (Å²) in [6.45, 7) is 2.34. The van der Waals surface area contributed by atoms with E-state index in [4.69, 9.17) is 4.74 Å². The smallest absolute Gasteiger partial charge is 0.226 e. The molecule has 7 nitrogen and oxygen atoms in total. The van der Waals surface area contributed by atoms with Gasteiger partial charge in [-0.2, -0.15) is 0 Å². The fourth-order valence-electron chi connectivity index (χ4n) is 5.44. The normalized spacial score (nSPS) is 22.6. The number of thioether (sulfide) groups is 1. The summed E-state index contributed by atoms with van der Waals surface area (Å²) in [6, 6.07) is 6.05. The Labute approximate surface area is 198 Å². The quantitative estimate of drug-likeness (QED) is 0.614. The summed E-state index contributed by atoms with van der Waals surface area (Å²) in [5.41, 5.74) is 3.26. The van der Waals surface area contributed by atoms with Gasteiger partial charge in [0.05, 0.1) is 25.1 Å². The number of nitrogens with zero attached hydrogens (tertiary/aromatic N) is 3. The topological polar surface area (TPSA) is 84.4 Å². The molecule has 0 radical (unpaired) electrons. The van der Waals surface area contributed by atoms with Crippen molar-refractivity contribution in [2.24, 2.45) is 5.92 Å². The first-order chi connectivity index (χ1) is 16.1. The van der Waals surface area contributed by atoms with Gasteiger partial charge >= 0.3 is 0 Å². The molecule has 0 saturated carbocycles. The number of fused-ring (bicyclic) bond motifs is 4. The first kappa shape index (κ1) is 19.9. The van der Waals surface area contributed by atoms with E-state index in [-0.39, 0.29) is 22.5 Å². The molecule has 1 aliphatic carbocycles. The predicted octanol–water partition coefficient (Wildman–Crippen LogP) is 3.72. The number of aryl methyl sites for hydroxylation is 1. The van der Waals surface area contributed by atoms with Crippen LogP contribution in [0.1, 0.15) is 28.8 Å². The second-order valence-electron chi connectivity index (χ2n) is 9.42. The molecule has 1 atom stereocenters. The highest BCUT2D eigenvalue weighted by atomic mass is 32.2. The van der Waals surface area contributed by atoms with Gasteiger partial charge in [-0.15, -0.1) is 11.3 Å². The lowest BCUT2D eigenvalue weighted by Gasteiger charge is -2.55. The Hall–Kier alpha value is -2.49. The largest absolute Gasteiger partial charge is 0.371 e. The molecule has 1 spiro atoms. The number of likely N-dealkylation sites (tertiary alicyclic amines) is 1. The van der Waals surface area contributed by atoms with E-state index < -0.39 is 0 Å². The van der Waals surface area contributed by atoms with Gasteiger partial charge in [0, 0.05) is 34.2 Å². The van der Waals surface area contributed by atoms with E-state index in [9.17, 15) is 9.59 Å². The molecular formula is C24H22N4O3S2. The van der Waals surface area contributed by atoms with Crippen molar-refractivity contribution in [1.82, 2.24) is 14.9 Å². The Morgan fingerprint density at radius 1 is 1.27 bits per heavy atom. The van der Waals surface area contributed by atoms with Crippen LogP contribution in [0.4, 0.5) is 11.5 Å². The Morgan fingerprint density at radius 3 is 2.97 bits per heavy atom. The van der Waals surface area contributed by atoms with Gasteiger partial charge in [0.1, 0.15) is 22.6 Å². The van der Waals surface area contributed by atoms with Crippen LogP contribution in [-0.4, -0.2) is 51.2 Å².